The lowest BCUT2D eigenvalue weighted by atomic mass is 10.3. The molecule has 1 aromatic heterocycles. The van der Waals surface area contributed by atoms with Crippen molar-refractivity contribution in [3.8, 4) is 5.88 Å². The first-order valence-electron chi connectivity index (χ1n) is 5.34. The maximum atomic E-state index is 11.0. The number of nitrogens with zero attached hydrogens (tertiary/aromatic N) is 3. The Morgan fingerprint density at radius 1 is 1.39 bits per heavy atom. The summed E-state index contributed by atoms with van der Waals surface area (Å²) in [5, 5.41) is 13.9. The summed E-state index contributed by atoms with van der Waals surface area (Å²) in [6, 6.07) is -0.00120. The quantitative estimate of drug-likeness (QED) is 0.605. The van der Waals surface area contributed by atoms with Crippen molar-refractivity contribution in [3.63, 3.8) is 0 Å². The molecule has 0 bridgehead atoms. The molecule has 0 saturated heterocycles. The van der Waals surface area contributed by atoms with Crippen molar-refractivity contribution < 1.29 is 14.4 Å². The molecule has 0 aromatic carbocycles. The molecule has 0 atom stereocenters. The van der Waals surface area contributed by atoms with Crippen LogP contribution in [0.1, 0.15) is 19.7 Å². The van der Waals surface area contributed by atoms with Gasteiger partial charge in [0, 0.05) is 13.2 Å². The first-order valence-corrected chi connectivity index (χ1v) is 5.34. The molecule has 0 aliphatic heterocycles. The lowest BCUT2D eigenvalue weighted by Gasteiger charge is -2.12. The summed E-state index contributed by atoms with van der Waals surface area (Å²) in [6.45, 7) is 3.86. The number of anilines is 1. The fourth-order valence-corrected chi connectivity index (χ4v) is 1.35. The Morgan fingerprint density at radius 2 is 2.06 bits per heavy atom. The second-order valence-electron chi connectivity index (χ2n) is 3.84. The van der Waals surface area contributed by atoms with E-state index in [-0.39, 0.29) is 30.0 Å². The van der Waals surface area contributed by atoms with E-state index in [0.29, 0.717) is 5.82 Å². The number of hydrogen-bond donors (Lipinski definition) is 1. The fourth-order valence-electron chi connectivity index (χ4n) is 1.35. The number of rotatable bonds is 6. The van der Waals surface area contributed by atoms with Gasteiger partial charge in [-0.05, 0) is 13.8 Å². The van der Waals surface area contributed by atoms with E-state index in [2.05, 4.69) is 15.3 Å². The van der Waals surface area contributed by atoms with Gasteiger partial charge in [0.25, 0.3) is 5.88 Å². The van der Waals surface area contributed by atoms with Crippen LogP contribution >= 0.6 is 0 Å². The SMILES string of the molecule is COCc1nc(NC(C)C)c([N+](=O)[O-])c(OC)n1. The molecular formula is C10H16N4O4. The lowest BCUT2D eigenvalue weighted by molar-refractivity contribution is -0.385. The summed E-state index contributed by atoms with van der Waals surface area (Å²) in [5.41, 5.74) is -0.272. The topological polar surface area (TPSA) is 99.4 Å². The fraction of sp³-hybridized carbons (Fsp3) is 0.600. The van der Waals surface area contributed by atoms with Crippen molar-refractivity contribution in [2.24, 2.45) is 0 Å². The molecule has 0 saturated carbocycles. The van der Waals surface area contributed by atoms with Crippen molar-refractivity contribution >= 4 is 11.5 Å². The Bertz CT molecular complexity index is 436. The number of methoxy groups -OCH3 is 2. The number of aromatic nitrogens is 2. The van der Waals surface area contributed by atoms with Gasteiger partial charge < -0.3 is 14.8 Å². The largest absolute Gasteiger partial charge is 0.476 e. The van der Waals surface area contributed by atoms with E-state index in [0.717, 1.165) is 0 Å². The molecule has 0 spiro atoms. The van der Waals surface area contributed by atoms with E-state index in [9.17, 15) is 10.1 Å². The van der Waals surface area contributed by atoms with Crippen LogP contribution in [0.15, 0.2) is 0 Å². The summed E-state index contributed by atoms with van der Waals surface area (Å²) >= 11 is 0. The van der Waals surface area contributed by atoms with Gasteiger partial charge in [0.2, 0.25) is 5.82 Å². The minimum Gasteiger partial charge on any atom is -0.476 e. The first kappa shape index (κ1) is 14.1. The summed E-state index contributed by atoms with van der Waals surface area (Å²) in [7, 11) is 2.82. The van der Waals surface area contributed by atoms with Crippen LogP contribution in [0.4, 0.5) is 11.5 Å². The Balaban J connectivity index is 3.31. The van der Waals surface area contributed by atoms with Gasteiger partial charge in [0.05, 0.1) is 12.0 Å². The van der Waals surface area contributed by atoms with Crippen LogP contribution < -0.4 is 10.1 Å². The standard InChI is InChI=1S/C10H16N4O4/c1-6(2)11-9-8(14(15)16)10(18-4)13-7(12-9)5-17-3/h6H,5H2,1-4H3,(H,11,12,13). The minimum absolute atomic E-state index is 0.00120. The predicted octanol–water partition coefficient (Wildman–Crippen LogP) is 1.36. The summed E-state index contributed by atoms with van der Waals surface area (Å²) in [4.78, 5) is 18.5. The summed E-state index contributed by atoms with van der Waals surface area (Å²) < 4.78 is 9.84. The molecule has 1 aromatic rings. The highest BCUT2D eigenvalue weighted by molar-refractivity contribution is 5.62. The molecule has 0 amide bonds. The Kier molecular flexibility index (Phi) is 4.78. The van der Waals surface area contributed by atoms with E-state index in [1.807, 2.05) is 13.8 Å². The average molecular weight is 256 g/mol. The molecule has 1 rings (SSSR count). The van der Waals surface area contributed by atoms with E-state index < -0.39 is 4.92 Å². The van der Waals surface area contributed by atoms with Gasteiger partial charge >= 0.3 is 5.69 Å². The third kappa shape index (κ3) is 3.27. The molecule has 8 nitrogen and oxygen atoms in total. The lowest BCUT2D eigenvalue weighted by Crippen LogP contribution is -2.15. The van der Waals surface area contributed by atoms with E-state index in [4.69, 9.17) is 9.47 Å². The maximum Gasteiger partial charge on any atom is 0.372 e. The van der Waals surface area contributed by atoms with E-state index in [1.54, 1.807) is 0 Å². The van der Waals surface area contributed by atoms with Crippen LogP contribution in [0.25, 0.3) is 0 Å². The van der Waals surface area contributed by atoms with Crippen LogP contribution in [0.3, 0.4) is 0 Å². The van der Waals surface area contributed by atoms with Crippen molar-refractivity contribution in [1.29, 1.82) is 0 Å². The molecule has 0 radical (unpaired) electrons. The van der Waals surface area contributed by atoms with Crippen molar-refractivity contribution in [1.82, 2.24) is 9.97 Å². The molecule has 0 aliphatic rings. The number of nitro groups is 1. The molecule has 18 heavy (non-hydrogen) atoms. The Morgan fingerprint density at radius 3 is 2.50 bits per heavy atom. The van der Waals surface area contributed by atoms with Crippen molar-refractivity contribution in [2.45, 2.75) is 26.5 Å². The van der Waals surface area contributed by atoms with Crippen molar-refractivity contribution in [3.05, 3.63) is 15.9 Å². The van der Waals surface area contributed by atoms with Crippen LogP contribution in [0.5, 0.6) is 5.88 Å². The molecule has 0 unspecified atom stereocenters. The van der Waals surface area contributed by atoms with Gasteiger partial charge in [-0.2, -0.15) is 4.98 Å². The monoisotopic (exact) mass is 256 g/mol. The number of nitrogens with one attached hydrogen (secondary N) is 1. The number of hydrogen-bond acceptors (Lipinski definition) is 7. The molecule has 100 valence electrons. The van der Waals surface area contributed by atoms with Gasteiger partial charge in [0.15, 0.2) is 5.82 Å². The molecule has 0 aliphatic carbocycles. The third-order valence-electron chi connectivity index (χ3n) is 1.97. The minimum atomic E-state index is -0.569. The van der Waals surface area contributed by atoms with Crippen LogP contribution in [-0.2, 0) is 11.3 Å². The summed E-state index contributed by atoms with van der Waals surface area (Å²) in [5.74, 6) is 0.377. The maximum absolute atomic E-state index is 11.0. The zero-order valence-electron chi connectivity index (χ0n) is 10.8. The van der Waals surface area contributed by atoms with Gasteiger partial charge in [-0.1, -0.05) is 0 Å². The third-order valence-corrected chi connectivity index (χ3v) is 1.97. The molecular weight excluding hydrogens is 240 g/mol. The highest BCUT2D eigenvalue weighted by atomic mass is 16.6. The average Bonchev–Trinajstić information content (AvgIpc) is 2.27. The number of ether oxygens (including phenoxy) is 2. The van der Waals surface area contributed by atoms with Gasteiger partial charge in [-0.25, -0.2) is 4.98 Å². The van der Waals surface area contributed by atoms with Crippen LogP contribution in [-0.4, -0.2) is 35.2 Å². The van der Waals surface area contributed by atoms with E-state index in [1.165, 1.54) is 14.2 Å². The molecule has 8 heteroatoms. The zero-order chi connectivity index (χ0) is 13.7. The van der Waals surface area contributed by atoms with Crippen molar-refractivity contribution in [2.75, 3.05) is 19.5 Å². The normalized spacial score (nSPS) is 10.5. The predicted molar refractivity (Wildman–Crippen MR) is 64.7 cm³/mol. The van der Waals surface area contributed by atoms with Gasteiger partial charge in [0.1, 0.15) is 6.61 Å². The van der Waals surface area contributed by atoms with Gasteiger partial charge in [-0.3, -0.25) is 10.1 Å². The first-order chi connectivity index (χ1) is 8.49. The van der Waals surface area contributed by atoms with Crippen LogP contribution in [0.2, 0.25) is 0 Å². The molecule has 1 N–H and O–H groups in total. The molecule has 1 heterocycles. The second kappa shape index (κ2) is 6.10. The smallest absolute Gasteiger partial charge is 0.372 e. The van der Waals surface area contributed by atoms with E-state index >= 15 is 0 Å². The zero-order valence-corrected chi connectivity index (χ0v) is 10.8. The Hall–Kier alpha value is -1.96. The van der Waals surface area contributed by atoms with Gasteiger partial charge in [-0.15, -0.1) is 0 Å². The van der Waals surface area contributed by atoms with Crippen LogP contribution in [0, 0.1) is 10.1 Å². The summed E-state index contributed by atoms with van der Waals surface area (Å²) in [6.07, 6.45) is 0. The molecule has 0 fully saturated rings. The highest BCUT2D eigenvalue weighted by Gasteiger charge is 2.26. The second-order valence-corrected chi connectivity index (χ2v) is 3.84. The Labute approximate surface area is 104 Å². The highest BCUT2D eigenvalue weighted by Crippen LogP contribution is 2.32.